The zero-order chi connectivity index (χ0) is 11.3. The first-order valence-corrected chi connectivity index (χ1v) is 3.79. The van der Waals surface area contributed by atoms with Crippen LogP contribution < -0.4 is 0 Å². The van der Waals surface area contributed by atoms with Crippen molar-refractivity contribution in [2.24, 2.45) is 5.92 Å². The Morgan fingerprint density at radius 2 is 1.57 bits per heavy atom. The molecule has 14 heavy (non-hydrogen) atoms. The van der Waals surface area contributed by atoms with Gasteiger partial charge in [0.2, 0.25) is 0 Å². The van der Waals surface area contributed by atoms with Crippen molar-refractivity contribution in [2.45, 2.75) is 13.3 Å². The van der Waals surface area contributed by atoms with E-state index in [2.05, 4.69) is 0 Å². The fourth-order valence-corrected chi connectivity index (χ4v) is 0.790. The first kappa shape index (κ1) is 12.2. The van der Waals surface area contributed by atoms with E-state index in [0.29, 0.717) is 0 Å². The van der Waals surface area contributed by atoms with Crippen molar-refractivity contribution in [2.75, 3.05) is 0 Å². The summed E-state index contributed by atoms with van der Waals surface area (Å²) < 4.78 is 0. The van der Waals surface area contributed by atoms with Crippen LogP contribution in [0.3, 0.4) is 0 Å². The maximum Gasteiger partial charge on any atom is 0.331 e. The summed E-state index contributed by atoms with van der Waals surface area (Å²) in [6.07, 6.45) is 0.805. The molecule has 6 heteroatoms. The van der Waals surface area contributed by atoms with Gasteiger partial charge in [0.15, 0.2) is 5.92 Å². The van der Waals surface area contributed by atoms with Crippen LogP contribution in [0.5, 0.6) is 0 Å². The van der Waals surface area contributed by atoms with Crippen LogP contribution >= 0.6 is 0 Å². The summed E-state index contributed by atoms with van der Waals surface area (Å²) in [5.74, 6) is -6.27. The fraction of sp³-hybridized carbons (Fsp3) is 0.375. The molecule has 0 amide bonds. The maximum absolute atomic E-state index is 10.5. The lowest BCUT2D eigenvalue weighted by molar-refractivity contribution is -0.151. The normalized spacial score (nSPS) is 11.4. The van der Waals surface area contributed by atoms with E-state index in [4.69, 9.17) is 15.3 Å². The summed E-state index contributed by atoms with van der Waals surface area (Å²) in [5, 5.41) is 25.4. The highest BCUT2D eigenvalue weighted by Gasteiger charge is 2.24. The average molecular weight is 202 g/mol. The Hall–Kier alpha value is -1.85. The van der Waals surface area contributed by atoms with Gasteiger partial charge in [-0.25, -0.2) is 4.79 Å². The molecule has 3 N–H and O–H groups in total. The minimum atomic E-state index is -1.80. The molecule has 0 spiro atoms. The predicted octanol–water partition coefficient (Wildman–Crippen LogP) is 0.193. The van der Waals surface area contributed by atoms with Gasteiger partial charge in [0, 0.05) is 5.57 Å². The van der Waals surface area contributed by atoms with Gasteiger partial charge in [-0.05, 0) is 12.5 Å². The maximum atomic E-state index is 10.5. The molecule has 0 bridgehead atoms. The van der Waals surface area contributed by atoms with Gasteiger partial charge in [0.25, 0.3) is 0 Å². The van der Waals surface area contributed by atoms with Gasteiger partial charge < -0.3 is 15.3 Å². The van der Waals surface area contributed by atoms with Crippen molar-refractivity contribution in [3.05, 3.63) is 11.6 Å². The molecule has 0 fully saturated rings. The second-order valence-corrected chi connectivity index (χ2v) is 2.50. The number of carboxylic acid groups (broad SMARTS) is 3. The largest absolute Gasteiger partial charge is 0.480 e. The highest BCUT2D eigenvalue weighted by molar-refractivity contribution is 5.97. The SMILES string of the molecule is CC/C(=C\C(C(=O)O)C(=O)O)C(=O)O. The highest BCUT2D eigenvalue weighted by Crippen LogP contribution is 2.08. The second kappa shape index (κ2) is 5.00. The van der Waals surface area contributed by atoms with Gasteiger partial charge in [-0.15, -0.1) is 0 Å². The summed E-state index contributed by atoms with van der Waals surface area (Å²) in [4.78, 5) is 31.3. The third kappa shape index (κ3) is 3.26. The van der Waals surface area contributed by atoms with Crippen LogP contribution in [0.15, 0.2) is 11.6 Å². The monoisotopic (exact) mass is 202 g/mol. The van der Waals surface area contributed by atoms with Crippen molar-refractivity contribution in [1.29, 1.82) is 0 Å². The smallest absolute Gasteiger partial charge is 0.331 e. The summed E-state index contributed by atoms with van der Waals surface area (Å²) in [6.45, 7) is 1.50. The van der Waals surface area contributed by atoms with Gasteiger partial charge >= 0.3 is 17.9 Å². The van der Waals surface area contributed by atoms with Crippen LogP contribution in [0.1, 0.15) is 13.3 Å². The summed E-state index contributed by atoms with van der Waals surface area (Å²) >= 11 is 0. The molecule has 0 aromatic carbocycles. The summed E-state index contributed by atoms with van der Waals surface area (Å²) in [7, 11) is 0. The molecule has 0 unspecified atom stereocenters. The molecule has 78 valence electrons. The Morgan fingerprint density at radius 1 is 1.14 bits per heavy atom. The molecule has 0 rings (SSSR count). The molecule has 0 aromatic rings. The molecule has 0 aliphatic carbocycles. The third-order valence-corrected chi connectivity index (χ3v) is 1.56. The highest BCUT2D eigenvalue weighted by atomic mass is 16.4. The number of hydrogen-bond donors (Lipinski definition) is 3. The molecule has 6 nitrogen and oxygen atoms in total. The predicted molar refractivity (Wildman–Crippen MR) is 44.8 cm³/mol. The molecule has 0 radical (unpaired) electrons. The van der Waals surface area contributed by atoms with Crippen LogP contribution in [0, 0.1) is 5.92 Å². The van der Waals surface area contributed by atoms with Crippen LogP contribution in [0.4, 0.5) is 0 Å². The van der Waals surface area contributed by atoms with E-state index in [9.17, 15) is 14.4 Å². The van der Waals surface area contributed by atoms with Crippen LogP contribution in [-0.4, -0.2) is 33.2 Å². The molecular weight excluding hydrogens is 192 g/mol. The van der Waals surface area contributed by atoms with Gasteiger partial charge in [0.05, 0.1) is 0 Å². The van der Waals surface area contributed by atoms with Gasteiger partial charge in [-0.1, -0.05) is 6.92 Å². The molecule has 0 aliphatic rings. The van der Waals surface area contributed by atoms with Crippen LogP contribution in [-0.2, 0) is 14.4 Å². The Bertz CT molecular complexity index is 276. The standard InChI is InChI=1S/C8H10O6/c1-2-4(6(9)10)3-5(7(11)12)8(13)14/h3,5H,2H2,1H3,(H,9,10)(H,11,12)(H,13,14)/b4-3+. The van der Waals surface area contributed by atoms with E-state index < -0.39 is 23.8 Å². The number of aliphatic carboxylic acids is 3. The quantitative estimate of drug-likeness (QED) is 0.433. The summed E-state index contributed by atoms with van der Waals surface area (Å²) in [6, 6.07) is 0. The van der Waals surface area contributed by atoms with Gasteiger partial charge in [-0.2, -0.15) is 0 Å². The van der Waals surface area contributed by atoms with E-state index in [1.165, 1.54) is 6.92 Å². The first-order chi connectivity index (χ1) is 6.40. The van der Waals surface area contributed by atoms with Gasteiger partial charge in [-0.3, -0.25) is 9.59 Å². The number of rotatable bonds is 5. The number of hydrogen-bond acceptors (Lipinski definition) is 3. The lowest BCUT2D eigenvalue weighted by Crippen LogP contribution is -2.22. The molecule has 0 saturated carbocycles. The van der Waals surface area contributed by atoms with E-state index in [0.717, 1.165) is 6.08 Å². The third-order valence-electron chi connectivity index (χ3n) is 1.56. The zero-order valence-corrected chi connectivity index (χ0v) is 7.43. The second-order valence-electron chi connectivity index (χ2n) is 2.50. The van der Waals surface area contributed by atoms with E-state index >= 15 is 0 Å². The first-order valence-electron chi connectivity index (χ1n) is 3.79. The molecule has 0 heterocycles. The van der Waals surface area contributed by atoms with Gasteiger partial charge in [0.1, 0.15) is 0 Å². The van der Waals surface area contributed by atoms with E-state index in [1.807, 2.05) is 0 Å². The van der Waals surface area contributed by atoms with Crippen molar-refractivity contribution < 1.29 is 29.7 Å². The Labute approximate surface area is 79.5 Å². The Kier molecular flexibility index (Phi) is 4.34. The zero-order valence-electron chi connectivity index (χ0n) is 7.43. The van der Waals surface area contributed by atoms with Crippen molar-refractivity contribution >= 4 is 17.9 Å². The topological polar surface area (TPSA) is 112 Å². The number of carboxylic acids is 3. The van der Waals surface area contributed by atoms with E-state index in [-0.39, 0.29) is 12.0 Å². The van der Waals surface area contributed by atoms with Crippen molar-refractivity contribution in [3.8, 4) is 0 Å². The van der Waals surface area contributed by atoms with Crippen molar-refractivity contribution in [1.82, 2.24) is 0 Å². The lowest BCUT2D eigenvalue weighted by atomic mass is 10.0. The minimum Gasteiger partial charge on any atom is -0.480 e. The van der Waals surface area contributed by atoms with Crippen LogP contribution in [0.2, 0.25) is 0 Å². The molecule has 0 saturated heterocycles. The van der Waals surface area contributed by atoms with Crippen LogP contribution in [0.25, 0.3) is 0 Å². The Morgan fingerprint density at radius 3 is 1.79 bits per heavy atom. The van der Waals surface area contributed by atoms with Crippen molar-refractivity contribution in [3.63, 3.8) is 0 Å². The van der Waals surface area contributed by atoms with E-state index in [1.54, 1.807) is 0 Å². The molecule has 0 aromatic heterocycles. The molecular formula is C8H10O6. The summed E-state index contributed by atoms with van der Waals surface area (Å²) in [5.41, 5.74) is -0.222. The average Bonchev–Trinajstić information content (AvgIpc) is 2.03. The fourth-order valence-electron chi connectivity index (χ4n) is 0.790. The molecule has 0 atom stereocenters. The lowest BCUT2D eigenvalue weighted by Gasteiger charge is -2.03. The minimum absolute atomic E-state index is 0.0758. The molecule has 0 aliphatic heterocycles. The Balaban J connectivity index is 4.95. The number of carbonyl (C=O) groups is 3.